The van der Waals surface area contributed by atoms with Crippen LogP contribution in [0.25, 0.3) is 10.9 Å². The molecule has 0 spiro atoms. The van der Waals surface area contributed by atoms with Gasteiger partial charge in [0.15, 0.2) is 0 Å². The Kier molecular flexibility index (Phi) is 7.19. The van der Waals surface area contributed by atoms with E-state index in [1.807, 2.05) is 0 Å². The number of nitrogens with zero attached hydrogens (tertiary/aromatic N) is 1. The lowest BCUT2D eigenvalue weighted by Gasteiger charge is -2.14. The van der Waals surface area contributed by atoms with E-state index < -0.39 is 11.7 Å². The molecule has 3 aromatic rings. The zero-order valence-corrected chi connectivity index (χ0v) is 17.7. The summed E-state index contributed by atoms with van der Waals surface area (Å²) in [6.07, 6.45) is -3.93. The smallest absolute Gasteiger partial charge is 0.416 e. The number of hydrogen-bond donors (Lipinski definition) is 3. The normalized spacial score (nSPS) is 12.4. The largest absolute Gasteiger partial charge is 0.496 e. The SMILES string of the molecule is COc1cc(NCc2ccc(C(F)(F)F)cc2)nc2cc(C(=O)N[C@H](C)CCO)ccc12. The van der Waals surface area contributed by atoms with Gasteiger partial charge in [-0.2, -0.15) is 13.2 Å². The van der Waals surface area contributed by atoms with Crippen molar-refractivity contribution in [3.63, 3.8) is 0 Å². The number of amides is 1. The van der Waals surface area contributed by atoms with Crippen LogP contribution in [0.1, 0.15) is 34.8 Å². The predicted octanol–water partition coefficient (Wildman–Crippen LogP) is 4.38. The van der Waals surface area contributed by atoms with Gasteiger partial charge in [0.1, 0.15) is 11.6 Å². The first kappa shape index (κ1) is 23.3. The van der Waals surface area contributed by atoms with Gasteiger partial charge in [-0.1, -0.05) is 12.1 Å². The molecule has 0 aliphatic carbocycles. The first-order valence-electron chi connectivity index (χ1n) is 10.0. The van der Waals surface area contributed by atoms with Crippen molar-refractivity contribution in [2.24, 2.45) is 0 Å². The zero-order valence-electron chi connectivity index (χ0n) is 17.7. The average Bonchev–Trinajstić information content (AvgIpc) is 2.76. The summed E-state index contributed by atoms with van der Waals surface area (Å²) >= 11 is 0. The molecule has 170 valence electrons. The number of methoxy groups -OCH3 is 1. The molecule has 3 N–H and O–H groups in total. The van der Waals surface area contributed by atoms with Crippen LogP contribution >= 0.6 is 0 Å². The van der Waals surface area contributed by atoms with Gasteiger partial charge >= 0.3 is 6.18 Å². The molecule has 0 saturated heterocycles. The Morgan fingerprint density at radius 3 is 2.50 bits per heavy atom. The highest BCUT2D eigenvalue weighted by molar-refractivity contribution is 5.99. The maximum absolute atomic E-state index is 12.7. The van der Waals surface area contributed by atoms with E-state index in [2.05, 4.69) is 15.6 Å². The number of fused-ring (bicyclic) bond motifs is 1. The van der Waals surface area contributed by atoms with E-state index in [0.29, 0.717) is 40.0 Å². The van der Waals surface area contributed by atoms with Crippen molar-refractivity contribution in [3.05, 3.63) is 65.2 Å². The quantitative estimate of drug-likeness (QED) is 0.478. The standard InChI is InChI=1S/C23H24F3N3O3/c1-14(9-10-30)28-22(31)16-5-8-18-19(11-16)29-21(12-20(18)32-2)27-13-15-3-6-17(7-4-15)23(24,25)26/h3-8,11-12,14,30H,9-10,13H2,1-2H3,(H,27,29)(H,28,31)/t14-/m1/s1. The number of carbonyl (C=O) groups excluding carboxylic acids is 1. The summed E-state index contributed by atoms with van der Waals surface area (Å²) in [6, 6.07) is 11.4. The number of alkyl halides is 3. The molecule has 0 bridgehead atoms. The topological polar surface area (TPSA) is 83.5 Å². The summed E-state index contributed by atoms with van der Waals surface area (Å²) < 4.78 is 43.6. The lowest BCUT2D eigenvalue weighted by Crippen LogP contribution is -2.33. The molecule has 1 amide bonds. The first-order valence-corrected chi connectivity index (χ1v) is 10.0. The number of hydrogen-bond acceptors (Lipinski definition) is 5. The maximum Gasteiger partial charge on any atom is 0.416 e. The van der Waals surface area contributed by atoms with Gasteiger partial charge in [0, 0.05) is 36.2 Å². The van der Waals surface area contributed by atoms with Crippen molar-refractivity contribution in [3.8, 4) is 5.75 Å². The van der Waals surface area contributed by atoms with Crippen LogP contribution in [0.15, 0.2) is 48.5 Å². The Morgan fingerprint density at radius 1 is 1.16 bits per heavy atom. The fourth-order valence-corrected chi connectivity index (χ4v) is 3.17. The summed E-state index contributed by atoms with van der Waals surface area (Å²) in [5, 5.41) is 15.6. The van der Waals surface area contributed by atoms with Gasteiger partial charge in [0.25, 0.3) is 5.91 Å². The minimum Gasteiger partial charge on any atom is -0.496 e. The molecular formula is C23H24F3N3O3. The highest BCUT2D eigenvalue weighted by Gasteiger charge is 2.29. The fourth-order valence-electron chi connectivity index (χ4n) is 3.17. The Balaban J connectivity index is 1.80. The number of pyridine rings is 1. The third kappa shape index (κ3) is 5.67. The number of aliphatic hydroxyl groups excluding tert-OH is 1. The van der Waals surface area contributed by atoms with Gasteiger partial charge in [0.2, 0.25) is 0 Å². The number of benzene rings is 2. The van der Waals surface area contributed by atoms with Gasteiger partial charge in [0.05, 0.1) is 18.2 Å². The number of carbonyl (C=O) groups is 1. The van der Waals surface area contributed by atoms with E-state index in [4.69, 9.17) is 9.84 Å². The number of anilines is 1. The zero-order chi connectivity index (χ0) is 23.3. The summed E-state index contributed by atoms with van der Waals surface area (Å²) in [4.78, 5) is 17.0. The summed E-state index contributed by atoms with van der Waals surface area (Å²) in [5.74, 6) is 0.725. The molecule has 1 heterocycles. The summed E-state index contributed by atoms with van der Waals surface area (Å²) in [5.41, 5.74) is 0.897. The number of halogens is 3. The van der Waals surface area contributed by atoms with Crippen LogP contribution < -0.4 is 15.4 Å². The second kappa shape index (κ2) is 9.86. The molecule has 6 nitrogen and oxygen atoms in total. The molecule has 32 heavy (non-hydrogen) atoms. The molecule has 2 aromatic carbocycles. The molecule has 0 unspecified atom stereocenters. The minimum absolute atomic E-state index is 0.0219. The molecule has 3 rings (SSSR count). The highest BCUT2D eigenvalue weighted by Crippen LogP contribution is 2.30. The van der Waals surface area contributed by atoms with E-state index in [0.717, 1.165) is 12.1 Å². The van der Waals surface area contributed by atoms with Crippen LogP contribution in [0.2, 0.25) is 0 Å². The number of nitrogens with one attached hydrogen (secondary N) is 2. The molecule has 0 fully saturated rings. The number of rotatable bonds is 8. The minimum atomic E-state index is -4.38. The molecule has 0 saturated carbocycles. The Morgan fingerprint density at radius 2 is 1.88 bits per heavy atom. The molecule has 9 heteroatoms. The predicted molar refractivity (Wildman–Crippen MR) is 116 cm³/mol. The fraction of sp³-hybridized carbons (Fsp3) is 0.304. The van der Waals surface area contributed by atoms with Gasteiger partial charge in [-0.15, -0.1) is 0 Å². The van der Waals surface area contributed by atoms with Gasteiger partial charge in [-0.05, 0) is 49.2 Å². The monoisotopic (exact) mass is 447 g/mol. The van der Waals surface area contributed by atoms with E-state index in [9.17, 15) is 18.0 Å². The lowest BCUT2D eigenvalue weighted by molar-refractivity contribution is -0.137. The van der Waals surface area contributed by atoms with Gasteiger partial charge in [-0.25, -0.2) is 4.98 Å². The maximum atomic E-state index is 12.7. The van der Waals surface area contributed by atoms with Crippen LogP contribution in [0.4, 0.5) is 19.0 Å². The summed E-state index contributed by atoms with van der Waals surface area (Å²) in [6.45, 7) is 2.05. The van der Waals surface area contributed by atoms with Crippen molar-refractivity contribution >= 4 is 22.6 Å². The van der Waals surface area contributed by atoms with Crippen molar-refractivity contribution in [1.29, 1.82) is 0 Å². The van der Waals surface area contributed by atoms with Crippen LogP contribution in [0.5, 0.6) is 5.75 Å². The third-order valence-corrected chi connectivity index (χ3v) is 4.95. The molecule has 0 radical (unpaired) electrons. The van der Waals surface area contributed by atoms with Crippen molar-refractivity contribution < 1.29 is 27.8 Å². The third-order valence-electron chi connectivity index (χ3n) is 4.95. The molecule has 0 aliphatic rings. The van der Waals surface area contributed by atoms with Gasteiger partial charge in [-0.3, -0.25) is 4.79 Å². The second-order valence-electron chi connectivity index (χ2n) is 7.38. The Bertz CT molecular complexity index is 1090. The van der Waals surface area contributed by atoms with Crippen LogP contribution in [0, 0.1) is 0 Å². The molecule has 1 aromatic heterocycles. The Labute approximate surface area is 183 Å². The van der Waals surface area contributed by atoms with Crippen molar-refractivity contribution in [2.45, 2.75) is 32.1 Å². The molecular weight excluding hydrogens is 423 g/mol. The van der Waals surface area contributed by atoms with E-state index >= 15 is 0 Å². The number of aromatic nitrogens is 1. The second-order valence-corrected chi connectivity index (χ2v) is 7.38. The highest BCUT2D eigenvalue weighted by atomic mass is 19.4. The molecule has 0 aliphatic heterocycles. The number of ether oxygens (including phenoxy) is 1. The lowest BCUT2D eigenvalue weighted by atomic mass is 10.1. The first-order chi connectivity index (χ1) is 15.2. The van der Waals surface area contributed by atoms with E-state index in [1.54, 1.807) is 31.2 Å². The van der Waals surface area contributed by atoms with Gasteiger partial charge < -0.3 is 20.5 Å². The van der Waals surface area contributed by atoms with Crippen LogP contribution in [-0.2, 0) is 12.7 Å². The number of aliphatic hydroxyl groups is 1. The van der Waals surface area contributed by atoms with Crippen LogP contribution in [0.3, 0.4) is 0 Å². The summed E-state index contributed by atoms with van der Waals surface area (Å²) in [7, 11) is 1.52. The average molecular weight is 447 g/mol. The van der Waals surface area contributed by atoms with E-state index in [1.165, 1.54) is 19.2 Å². The van der Waals surface area contributed by atoms with Crippen molar-refractivity contribution in [2.75, 3.05) is 19.0 Å². The molecule has 1 atom stereocenters. The van der Waals surface area contributed by atoms with E-state index in [-0.39, 0.29) is 25.1 Å². The van der Waals surface area contributed by atoms with Crippen LogP contribution in [-0.4, -0.2) is 35.8 Å². The Hall–Kier alpha value is -3.33. The van der Waals surface area contributed by atoms with Crippen molar-refractivity contribution in [1.82, 2.24) is 10.3 Å².